The second-order valence-electron chi connectivity index (χ2n) is 5.38. The van der Waals surface area contributed by atoms with Gasteiger partial charge in [-0.25, -0.2) is 0 Å². The van der Waals surface area contributed by atoms with Crippen molar-refractivity contribution in [2.45, 2.75) is 43.6 Å². The summed E-state index contributed by atoms with van der Waals surface area (Å²) in [4.78, 5) is 0.712. The van der Waals surface area contributed by atoms with Gasteiger partial charge in [0.1, 0.15) is 5.75 Å². The van der Waals surface area contributed by atoms with Gasteiger partial charge in [0.2, 0.25) is 0 Å². The Balaban J connectivity index is 2.51. The van der Waals surface area contributed by atoms with Crippen LogP contribution in [0, 0.1) is 0 Å². The molecule has 3 heteroatoms. The second kappa shape index (κ2) is 5.93. The van der Waals surface area contributed by atoms with E-state index in [1.807, 2.05) is 0 Å². The maximum absolute atomic E-state index is 11.2. The van der Waals surface area contributed by atoms with Crippen molar-refractivity contribution in [3.63, 3.8) is 0 Å². The van der Waals surface area contributed by atoms with Crippen molar-refractivity contribution in [1.29, 1.82) is 0 Å². The average molecular weight is 268 g/mol. The van der Waals surface area contributed by atoms with Crippen LogP contribution in [0.25, 0.3) is 0 Å². The van der Waals surface area contributed by atoms with Crippen molar-refractivity contribution in [3.05, 3.63) is 29.8 Å². The van der Waals surface area contributed by atoms with Gasteiger partial charge in [-0.15, -0.1) is 0 Å². The lowest BCUT2D eigenvalue weighted by molar-refractivity contribution is -0.0277. The van der Waals surface area contributed by atoms with Crippen LogP contribution < -0.4 is 0 Å². The molecule has 1 aliphatic rings. The third-order valence-electron chi connectivity index (χ3n) is 3.81. The molecule has 0 saturated heterocycles. The second-order valence-corrected chi connectivity index (χ2v) is 5.38. The van der Waals surface area contributed by atoms with Gasteiger partial charge in [0, 0.05) is 19.3 Å². The molecule has 0 spiro atoms. The van der Waals surface area contributed by atoms with Crippen LogP contribution in [0.4, 0.5) is 0 Å². The van der Waals surface area contributed by atoms with E-state index in [0.29, 0.717) is 23.3 Å². The predicted octanol–water partition coefficient (Wildman–Crippen LogP) is 2.73. The van der Waals surface area contributed by atoms with E-state index in [9.17, 15) is 10.2 Å². The highest BCUT2D eigenvalue weighted by atomic mass is 16.3. The number of hydrogen-bond acceptors (Lipinski definition) is 3. The Hall–Kier alpha value is -1.06. The summed E-state index contributed by atoms with van der Waals surface area (Å²) in [7, 11) is 1.21. The van der Waals surface area contributed by atoms with Crippen LogP contribution in [0.2, 0.25) is 0 Å². The van der Waals surface area contributed by atoms with Gasteiger partial charge < -0.3 is 15.1 Å². The molecule has 2 rings (SSSR count). The van der Waals surface area contributed by atoms with Crippen molar-refractivity contribution in [3.8, 4) is 5.75 Å². The van der Waals surface area contributed by atoms with Crippen molar-refractivity contribution in [1.82, 2.24) is 4.90 Å². The molecule has 0 radical (unpaired) electrons. The maximum atomic E-state index is 11.2. The largest absolute Gasteiger partial charge is 0.508 e. The molecule has 2 N–H and O–H groups in total. The van der Waals surface area contributed by atoms with E-state index in [2.05, 4.69) is 0 Å². The van der Waals surface area contributed by atoms with Gasteiger partial charge in [-0.3, -0.25) is 0 Å². The van der Waals surface area contributed by atoms with Crippen molar-refractivity contribution < 1.29 is 17.1 Å². The Morgan fingerprint density at radius 2 is 1.95 bits per heavy atom. The Kier molecular flexibility index (Phi) is 2.80. The SMILES string of the molecule is [2H]C([2H])([2H])N(C)C([2H])([2H])C(c1ccc(O)cc1)C1(O)CCCCC1. The normalized spacial score (nSPS) is 25.7. The monoisotopic (exact) mass is 268 g/mol. The molecule has 1 aromatic rings. The van der Waals surface area contributed by atoms with Crippen LogP contribution in [-0.2, 0) is 0 Å². The molecule has 0 aromatic heterocycles. The fraction of sp³-hybridized carbons (Fsp3) is 0.625. The molecule has 0 amide bonds. The topological polar surface area (TPSA) is 43.7 Å². The number of aliphatic hydroxyl groups is 1. The molecule has 0 heterocycles. The summed E-state index contributed by atoms with van der Waals surface area (Å²) in [6, 6.07) is 5.97. The van der Waals surface area contributed by atoms with Crippen LogP contribution in [0.1, 0.15) is 50.4 Å². The van der Waals surface area contributed by atoms with E-state index in [1.165, 1.54) is 19.2 Å². The van der Waals surface area contributed by atoms with Gasteiger partial charge in [0.05, 0.1) is 5.60 Å². The van der Waals surface area contributed by atoms with E-state index in [4.69, 9.17) is 6.85 Å². The molecule has 0 aliphatic heterocycles. The average Bonchev–Trinajstić information content (AvgIpc) is 2.48. The minimum absolute atomic E-state index is 0.0397. The van der Waals surface area contributed by atoms with Gasteiger partial charge in [-0.05, 0) is 44.6 Å². The molecule has 0 bridgehead atoms. The van der Waals surface area contributed by atoms with Crippen molar-refractivity contribution in [2.24, 2.45) is 0 Å². The Morgan fingerprint density at radius 3 is 2.53 bits per heavy atom. The highest BCUT2D eigenvalue weighted by Gasteiger charge is 2.38. The summed E-state index contributed by atoms with van der Waals surface area (Å²) in [5.74, 6) is -0.991. The lowest BCUT2D eigenvalue weighted by atomic mass is 9.72. The first-order valence-electron chi connectivity index (χ1n) is 9.24. The Bertz CT molecular complexity index is 553. The molecule has 1 fully saturated rings. The maximum Gasteiger partial charge on any atom is 0.115 e. The summed E-state index contributed by atoms with van der Waals surface area (Å²) in [6.45, 7) is -4.90. The van der Waals surface area contributed by atoms with Gasteiger partial charge in [0.25, 0.3) is 0 Å². The fourth-order valence-corrected chi connectivity index (χ4v) is 2.82. The predicted molar refractivity (Wildman–Crippen MR) is 77.4 cm³/mol. The van der Waals surface area contributed by atoms with Gasteiger partial charge in [-0.2, -0.15) is 0 Å². The number of likely N-dealkylation sites (N-methyl/N-ethyl adjacent to an activating group) is 1. The molecular formula is C16H25NO2. The number of hydrogen-bond donors (Lipinski definition) is 2. The quantitative estimate of drug-likeness (QED) is 0.882. The third-order valence-corrected chi connectivity index (χ3v) is 3.81. The van der Waals surface area contributed by atoms with Crippen molar-refractivity contribution >= 4 is 0 Å². The van der Waals surface area contributed by atoms with E-state index < -0.39 is 25.0 Å². The highest BCUT2D eigenvalue weighted by Crippen LogP contribution is 2.40. The minimum atomic E-state index is -2.62. The van der Waals surface area contributed by atoms with Gasteiger partial charge >= 0.3 is 0 Å². The first-order chi connectivity index (χ1) is 11.0. The summed E-state index contributed by atoms with van der Waals surface area (Å²) in [5.41, 5.74) is -0.837. The molecule has 106 valence electrons. The van der Waals surface area contributed by atoms with E-state index in [0.717, 1.165) is 19.3 Å². The standard InChI is InChI=1S/C16H25NO2/c1-17(2)12-15(13-6-8-14(18)9-7-13)16(19)10-4-3-5-11-16/h6-9,15,18-19H,3-5,10-12H2,1-2H3/i1D3,12D2. The van der Waals surface area contributed by atoms with Gasteiger partial charge in [0.15, 0.2) is 0 Å². The van der Waals surface area contributed by atoms with E-state index in [1.54, 1.807) is 12.1 Å². The lowest BCUT2D eigenvalue weighted by Crippen LogP contribution is -2.42. The summed E-state index contributed by atoms with van der Waals surface area (Å²) >= 11 is 0. The molecule has 3 nitrogen and oxygen atoms in total. The van der Waals surface area contributed by atoms with Crippen LogP contribution in [0.15, 0.2) is 24.3 Å². The third kappa shape index (κ3) is 3.48. The zero-order valence-electron chi connectivity index (χ0n) is 16.3. The van der Waals surface area contributed by atoms with Gasteiger partial charge in [-0.1, -0.05) is 31.4 Å². The van der Waals surface area contributed by atoms with Crippen LogP contribution in [-0.4, -0.2) is 41.2 Å². The zero-order chi connectivity index (χ0) is 18.2. The summed E-state index contributed by atoms with van der Waals surface area (Å²) in [5, 5.41) is 20.7. The Morgan fingerprint density at radius 1 is 1.32 bits per heavy atom. The fourth-order valence-electron chi connectivity index (χ4n) is 2.82. The van der Waals surface area contributed by atoms with Crippen LogP contribution in [0.3, 0.4) is 0 Å². The smallest absolute Gasteiger partial charge is 0.115 e. The molecule has 1 atom stereocenters. The van der Waals surface area contributed by atoms with Crippen LogP contribution in [0.5, 0.6) is 5.75 Å². The summed E-state index contributed by atoms with van der Waals surface area (Å²) in [6.07, 6.45) is 3.37. The zero-order valence-corrected chi connectivity index (χ0v) is 11.3. The minimum Gasteiger partial charge on any atom is -0.508 e. The lowest BCUT2D eigenvalue weighted by Gasteiger charge is -2.40. The molecule has 1 aromatic carbocycles. The van der Waals surface area contributed by atoms with Crippen molar-refractivity contribution in [2.75, 3.05) is 20.5 Å². The summed E-state index contributed by atoms with van der Waals surface area (Å²) < 4.78 is 39.7. The molecule has 1 aliphatic carbocycles. The highest BCUT2D eigenvalue weighted by molar-refractivity contribution is 5.30. The number of rotatable bonds is 4. The Labute approximate surface area is 122 Å². The number of aromatic hydroxyl groups is 1. The molecule has 19 heavy (non-hydrogen) atoms. The molecule has 1 saturated carbocycles. The first kappa shape index (κ1) is 8.98. The number of benzene rings is 1. The first-order valence-corrected chi connectivity index (χ1v) is 6.74. The molecule has 1 unspecified atom stereocenters. The number of nitrogens with zero attached hydrogens (tertiary/aromatic N) is 1. The number of phenolic OH excluding ortho intramolecular Hbond substituents is 1. The van der Waals surface area contributed by atoms with E-state index >= 15 is 0 Å². The van der Waals surface area contributed by atoms with E-state index in [-0.39, 0.29) is 5.75 Å². The van der Waals surface area contributed by atoms with Crippen LogP contribution >= 0.6 is 0 Å². The number of phenols is 1. The molecular weight excluding hydrogens is 238 g/mol.